The number of nitrogens with zero attached hydrogens (tertiary/aromatic N) is 2. The van der Waals surface area contributed by atoms with Crippen LogP contribution >= 0.6 is 11.6 Å². The van der Waals surface area contributed by atoms with Crippen LogP contribution in [0.25, 0.3) is 0 Å². The van der Waals surface area contributed by atoms with Crippen LogP contribution in [0.3, 0.4) is 0 Å². The van der Waals surface area contributed by atoms with Crippen LogP contribution in [0.2, 0.25) is 5.02 Å². The smallest absolute Gasteiger partial charge is 0.264 e. The molecule has 5 nitrogen and oxygen atoms in total. The molecule has 0 unspecified atom stereocenters. The number of benzene rings is 2. The Morgan fingerprint density at radius 2 is 1.81 bits per heavy atom. The van der Waals surface area contributed by atoms with E-state index in [1.165, 1.54) is 19.2 Å². The molecule has 0 saturated heterocycles. The maximum absolute atomic E-state index is 13.0. The fourth-order valence-corrected chi connectivity index (χ4v) is 4.01. The molecule has 2 rings (SSSR count). The van der Waals surface area contributed by atoms with E-state index in [4.69, 9.17) is 11.6 Å². The Kier molecular flexibility index (Phi) is 6.68. The second kappa shape index (κ2) is 8.59. The molecule has 0 atom stereocenters. The van der Waals surface area contributed by atoms with Gasteiger partial charge in [-0.05, 0) is 50.2 Å². The van der Waals surface area contributed by atoms with Gasteiger partial charge in [0.05, 0.1) is 10.6 Å². The van der Waals surface area contributed by atoms with E-state index in [1.54, 1.807) is 41.3 Å². The van der Waals surface area contributed by atoms with Crippen molar-refractivity contribution in [3.05, 3.63) is 71.3 Å². The molecule has 0 aliphatic carbocycles. The predicted octanol–water partition coefficient (Wildman–Crippen LogP) is 4.20. The number of carbonyl (C=O) groups excluding carboxylic acids is 1. The van der Waals surface area contributed by atoms with Crippen molar-refractivity contribution >= 4 is 33.2 Å². The van der Waals surface area contributed by atoms with Crippen molar-refractivity contribution in [1.82, 2.24) is 4.90 Å². The predicted molar refractivity (Wildman–Crippen MR) is 110 cm³/mol. The normalized spacial score (nSPS) is 11.1. The molecule has 144 valence electrons. The zero-order valence-electron chi connectivity index (χ0n) is 15.6. The second-order valence-corrected chi connectivity index (χ2v) is 8.66. The zero-order chi connectivity index (χ0) is 20.2. The Hall–Kier alpha value is -2.31. The highest BCUT2D eigenvalue weighted by atomic mass is 35.5. The van der Waals surface area contributed by atoms with Crippen molar-refractivity contribution in [1.29, 1.82) is 0 Å². The third-order valence-electron chi connectivity index (χ3n) is 4.04. The summed E-state index contributed by atoms with van der Waals surface area (Å²) in [6.45, 7) is 8.48. The van der Waals surface area contributed by atoms with E-state index in [9.17, 15) is 13.2 Å². The molecule has 2 aromatic carbocycles. The fourth-order valence-electron chi connectivity index (χ4n) is 2.59. The SMILES string of the molecule is C=C(C)CN(CC)C(=O)c1cccc(S(=O)(=O)N(C)c2cccc(Cl)c2)c1. The first-order valence-electron chi connectivity index (χ1n) is 8.45. The molecule has 0 radical (unpaired) electrons. The van der Waals surface area contributed by atoms with Gasteiger partial charge in [0.25, 0.3) is 15.9 Å². The third kappa shape index (κ3) is 4.90. The van der Waals surface area contributed by atoms with Gasteiger partial charge in [0.1, 0.15) is 0 Å². The van der Waals surface area contributed by atoms with E-state index >= 15 is 0 Å². The quantitative estimate of drug-likeness (QED) is 0.647. The van der Waals surface area contributed by atoms with Gasteiger partial charge >= 0.3 is 0 Å². The molecule has 0 aliphatic rings. The molecule has 0 fully saturated rings. The van der Waals surface area contributed by atoms with Crippen LogP contribution in [-0.4, -0.2) is 39.4 Å². The summed E-state index contributed by atoms with van der Waals surface area (Å²) < 4.78 is 27.1. The van der Waals surface area contributed by atoms with Gasteiger partial charge in [0.15, 0.2) is 0 Å². The van der Waals surface area contributed by atoms with Gasteiger partial charge in [-0.1, -0.05) is 35.9 Å². The number of hydrogen-bond acceptors (Lipinski definition) is 3. The maximum atomic E-state index is 13.0. The Labute approximate surface area is 165 Å². The van der Waals surface area contributed by atoms with Gasteiger partial charge in [-0.25, -0.2) is 8.42 Å². The Balaban J connectivity index is 2.38. The number of amides is 1. The zero-order valence-corrected chi connectivity index (χ0v) is 17.2. The molecule has 1 amide bonds. The van der Waals surface area contributed by atoms with Gasteiger partial charge in [-0.2, -0.15) is 0 Å². The summed E-state index contributed by atoms with van der Waals surface area (Å²) in [6, 6.07) is 12.6. The standard InChI is InChI=1S/C20H23ClN2O3S/c1-5-23(14-15(2)3)20(24)16-8-6-11-19(12-16)27(25,26)22(4)18-10-7-9-17(21)13-18/h6-13H,2,5,14H2,1,3-4H3. The summed E-state index contributed by atoms with van der Waals surface area (Å²) in [6.07, 6.45) is 0. The Morgan fingerprint density at radius 3 is 2.41 bits per heavy atom. The number of sulfonamides is 1. The molecule has 7 heteroatoms. The first-order chi connectivity index (χ1) is 12.7. The fraction of sp³-hybridized carbons (Fsp3) is 0.250. The summed E-state index contributed by atoms with van der Waals surface area (Å²) in [5.74, 6) is -0.233. The molecule has 0 spiro atoms. The summed E-state index contributed by atoms with van der Waals surface area (Å²) in [5, 5.41) is 0.442. The van der Waals surface area contributed by atoms with Crippen LogP contribution in [0, 0.1) is 0 Å². The highest BCUT2D eigenvalue weighted by molar-refractivity contribution is 7.92. The van der Waals surface area contributed by atoms with Crippen LogP contribution in [0.4, 0.5) is 5.69 Å². The number of carbonyl (C=O) groups is 1. The lowest BCUT2D eigenvalue weighted by Crippen LogP contribution is -2.32. The van der Waals surface area contributed by atoms with Gasteiger partial charge < -0.3 is 4.90 Å². The van der Waals surface area contributed by atoms with Crippen molar-refractivity contribution < 1.29 is 13.2 Å². The van der Waals surface area contributed by atoms with Gasteiger partial charge in [-0.3, -0.25) is 9.10 Å². The molecule has 0 saturated carbocycles. The van der Waals surface area contributed by atoms with Crippen LogP contribution in [0.15, 0.2) is 65.6 Å². The number of rotatable bonds is 7. The molecule has 27 heavy (non-hydrogen) atoms. The lowest BCUT2D eigenvalue weighted by Gasteiger charge is -2.22. The molecule has 0 bridgehead atoms. The highest BCUT2D eigenvalue weighted by Crippen LogP contribution is 2.25. The van der Waals surface area contributed by atoms with Gasteiger partial charge in [0, 0.05) is 30.7 Å². The summed E-state index contributed by atoms with van der Waals surface area (Å²) >= 11 is 5.97. The Bertz CT molecular complexity index is 957. The summed E-state index contributed by atoms with van der Waals surface area (Å²) in [4.78, 5) is 14.4. The first kappa shape index (κ1) is 21.0. The van der Waals surface area contributed by atoms with Crippen molar-refractivity contribution in [3.63, 3.8) is 0 Å². The minimum absolute atomic E-state index is 0.0437. The van der Waals surface area contributed by atoms with Crippen molar-refractivity contribution in [2.24, 2.45) is 0 Å². The third-order valence-corrected chi connectivity index (χ3v) is 6.06. The number of likely N-dealkylation sites (N-methyl/N-ethyl adjacent to an activating group) is 1. The van der Waals surface area contributed by atoms with Crippen LogP contribution < -0.4 is 4.31 Å². The molecular formula is C20H23ClN2O3S. The van der Waals surface area contributed by atoms with Crippen molar-refractivity contribution in [2.75, 3.05) is 24.4 Å². The van der Waals surface area contributed by atoms with E-state index in [1.807, 2.05) is 13.8 Å². The molecule has 2 aromatic rings. The van der Waals surface area contributed by atoms with Crippen LogP contribution in [-0.2, 0) is 10.0 Å². The monoisotopic (exact) mass is 406 g/mol. The summed E-state index contributed by atoms with van der Waals surface area (Å²) in [7, 11) is -2.38. The van der Waals surface area contributed by atoms with E-state index in [0.29, 0.717) is 29.4 Å². The average Bonchev–Trinajstić information content (AvgIpc) is 2.64. The first-order valence-corrected chi connectivity index (χ1v) is 10.3. The molecule has 0 heterocycles. The van der Waals surface area contributed by atoms with Gasteiger partial charge in [0.2, 0.25) is 0 Å². The minimum atomic E-state index is -3.83. The minimum Gasteiger partial charge on any atom is -0.335 e. The van der Waals surface area contributed by atoms with E-state index in [2.05, 4.69) is 6.58 Å². The van der Waals surface area contributed by atoms with Crippen molar-refractivity contribution in [2.45, 2.75) is 18.7 Å². The number of anilines is 1. The molecular weight excluding hydrogens is 384 g/mol. The second-order valence-electron chi connectivity index (χ2n) is 6.26. The van der Waals surface area contributed by atoms with E-state index in [-0.39, 0.29) is 10.8 Å². The Morgan fingerprint density at radius 1 is 1.15 bits per heavy atom. The molecule has 0 aliphatic heterocycles. The summed E-state index contributed by atoms with van der Waals surface area (Å²) in [5.41, 5.74) is 1.62. The van der Waals surface area contributed by atoms with E-state index < -0.39 is 10.0 Å². The van der Waals surface area contributed by atoms with Crippen LogP contribution in [0.5, 0.6) is 0 Å². The highest BCUT2D eigenvalue weighted by Gasteiger charge is 2.23. The number of halogens is 1. The maximum Gasteiger partial charge on any atom is 0.264 e. The largest absolute Gasteiger partial charge is 0.335 e. The van der Waals surface area contributed by atoms with Crippen LogP contribution in [0.1, 0.15) is 24.2 Å². The average molecular weight is 407 g/mol. The lowest BCUT2D eigenvalue weighted by atomic mass is 10.2. The molecule has 0 aromatic heterocycles. The molecule has 0 N–H and O–H groups in total. The van der Waals surface area contributed by atoms with Crippen molar-refractivity contribution in [3.8, 4) is 0 Å². The topological polar surface area (TPSA) is 57.7 Å². The number of hydrogen-bond donors (Lipinski definition) is 0. The van der Waals surface area contributed by atoms with E-state index in [0.717, 1.165) is 9.88 Å². The van der Waals surface area contributed by atoms with Gasteiger partial charge in [-0.15, -0.1) is 0 Å². The lowest BCUT2D eigenvalue weighted by molar-refractivity contribution is 0.0778.